The maximum absolute atomic E-state index is 12.6. The number of hydrogen-bond donors (Lipinski definition) is 2. The maximum Gasteiger partial charge on any atom is 0.265 e. The quantitative estimate of drug-likeness (QED) is 0.635. The van der Waals surface area contributed by atoms with E-state index in [1.807, 2.05) is 12.1 Å². The van der Waals surface area contributed by atoms with Gasteiger partial charge in [-0.25, -0.2) is 9.67 Å². The Balaban J connectivity index is 1.32. The molecule has 1 aliphatic rings. The Hall–Kier alpha value is -3.53. The third-order valence-electron chi connectivity index (χ3n) is 5.14. The molecule has 0 atom stereocenters. The fraction of sp³-hybridized carbons (Fsp3) is 0.286. The van der Waals surface area contributed by atoms with Crippen LogP contribution in [0.5, 0.6) is 0 Å². The van der Waals surface area contributed by atoms with E-state index in [0.717, 1.165) is 29.9 Å². The summed E-state index contributed by atoms with van der Waals surface area (Å²) in [7, 11) is 0. The zero-order valence-electron chi connectivity index (χ0n) is 16.9. The molecule has 3 amide bonds. The number of likely N-dealkylation sites (tertiary alicyclic amines) is 1. The Labute approximate surface area is 183 Å². The fourth-order valence-corrected chi connectivity index (χ4v) is 4.21. The van der Waals surface area contributed by atoms with E-state index in [0.29, 0.717) is 28.5 Å². The molecular formula is C21H22N6O3S. The van der Waals surface area contributed by atoms with E-state index in [-0.39, 0.29) is 23.8 Å². The first-order valence-electron chi connectivity index (χ1n) is 9.92. The SMILES string of the molecule is CC(=O)N1CCC(NC(=O)c2ccc(C(=O)Nc3ccc(-n4cncn4)cc3)s2)CC1. The Morgan fingerprint density at radius 1 is 1.00 bits per heavy atom. The molecule has 0 aliphatic carbocycles. The number of carbonyl (C=O) groups is 3. The molecule has 3 heterocycles. The van der Waals surface area contributed by atoms with Crippen molar-refractivity contribution in [3.05, 3.63) is 58.8 Å². The van der Waals surface area contributed by atoms with Crippen LogP contribution < -0.4 is 10.6 Å². The van der Waals surface area contributed by atoms with Crippen molar-refractivity contribution in [1.82, 2.24) is 25.0 Å². The summed E-state index contributed by atoms with van der Waals surface area (Å²) in [5.41, 5.74) is 1.48. The Morgan fingerprint density at radius 3 is 2.29 bits per heavy atom. The average Bonchev–Trinajstić information content (AvgIpc) is 3.47. The van der Waals surface area contributed by atoms with Crippen molar-refractivity contribution in [2.45, 2.75) is 25.8 Å². The average molecular weight is 439 g/mol. The number of amides is 3. The first kappa shape index (κ1) is 20.7. The first-order chi connectivity index (χ1) is 15.0. The van der Waals surface area contributed by atoms with E-state index in [9.17, 15) is 14.4 Å². The van der Waals surface area contributed by atoms with E-state index < -0.39 is 0 Å². The molecule has 31 heavy (non-hydrogen) atoms. The van der Waals surface area contributed by atoms with Gasteiger partial charge in [-0.3, -0.25) is 14.4 Å². The lowest BCUT2D eigenvalue weighted by atomic mass is 10.0. The van der Waals surface area contributed by atoms with Crippen LogP contribution in [0.4, 0.5) is 5.69 Å². The molecule has 2 N–H and O–H groups in total. The third-order valence-corrected chi connectivity index (χ3v) is 6.22. The van der Waals surface area contributed by atoms with Gasteiger partial charge >= 0.3 is 0 Å². The number of carbonyl (C=O) groups excluding carboxylic acids is 3. The normalized spacial score (nSPS) is 14.3. The van der Waals surface area contributed by atoms with Gasteiger partial charge < -0.3 is 15.5 Å². The van der Waals surface area contributed by atoms with Crippen LogP contribution in [-0.2, 0) is 4.79 Å². The molecule has 0 unspecified atom stereocenters. The van der Waals surface area contributed by atoms with Gasteiger partial charge in [-0.05, 0) is 49.2 Å². The van der Waals surface area contributed by atoms with Gasteiger partial charge in [0.15, 0.2) is 0 Å². The highest BCUT2D eigenvalue weighted by Gasteiger charge is 2.23. The summed E-state index contributed by atoms with van der Waals surface area (Å²) >= 11 is 1.15. The smallest absolute Gasteiger partial charge is 0.265 e. The molecule has 0 saturated carbocycles. The van der Waals surface area contributed by atoms with Gasteiger partial charge in [0.2, 0.25) is 5.91 Å². The lowest BCUT2D eigenvalue weighted by Crippen LogP contribution is -2.45. The van der Waals surface area contributed by atoms with Crippen molar-refractivity contribution >= 4 is 34.7 Å². The number of nitrogens with zero attached hydrogens (tertiary/aromatic N) is 4. The predicted molar refractivity (Wildman–Crippen MR) is 116 cm³/mol. The lowest BCUT2D eigenvalue weighted by molar-refractivity contribution is -0.129. The monoisotopic (exact) mass is 438 g/mol. The molecule has 9 nitrogen and oxygen atoms in total. The number of anilines is 1. The van der Waals surface area contributed by atoms with Crippen molar-refractivity contribution < 1.29 is 14.4 Å². The van der Waals surface area contributed by atoms with Gasteiger partial charge in [-0.2, -0.15) is 5.10 Å². The molecule has 10 heteroatoms. The first-order valence-corrected chi connectivity index (χ1v) is 10.7. The predicted octanol–water partition coefficient (Wildman–Crippen LogP) is 2.32. The topological polar surface area (TPSA) is 109 Å². The number of nitrogens with one attached hydrogen (secondary N) is 2. The zero-order chi connectivity index (χ0) is 21.8. The molecule has 1 fully saturated rings. The Kier molecular flexibility index (Phi) is 6.08. The summed E-state index contributed by atoms with van der Waals surface area (Å²) < 4.78 is 1.62. The van der Waals surface area contributed by atoms with Crippen LogP contribution >= 0.6 is 11.3 Å². The number of rotatable bonds is 5. The molecule has 3 aromatic rings. The van der Waals surface area contributed by atoms with E-state index in [2.05, 4.69) is 20.7 Å². The summed E-state index contributed by atoms with van der Waals surface area (Å²) in [6.07, 6.45) is 4.51. The number of benzene rings is 1. The minimum Gasteiger partial charge on any atom is -0.348 e. The molecule has 1 aromatic carbocycles. The minimum absolute atomic E-state index is 0.0333. The van der Waals surface area contributed by atoms with Gasteiger partial charge in [0.05, 0.1) is 15.4 Å². The Bertz CT molecular complexity index is 1070. The highest BCUT2D eigenvalue weighted by Crippen LogP contribution is 2.20. The highest BCUT2D eigenvalue weighted by atomic mass is 32.1. The summed E-state index contributed by atoms with van der Waals surface area (Å²) in [4.78, 5) is 43.2. The molecule has 160 valence electrons. The second kappa shape index (κ2) is 9.09. The summed E-state index contributed by atoms with van der Waals surface area (Å²) in [6, 6.07) is 10.6. The second-order valence-electron chi connectivity index (χ2n) is 7.26. The molecule has 1 aliphatic heterocycles. The van der Waals surface area contributed by atoms with Crippen LogP contribution in [0, 0.1) is 0 Å². The molecule has 0 bridgehead atoms. The van der Waals surface area contributed by atoms with E-state index in [1.165, 1.54) is 6.33 Å². The molecule has 0 spiro atoms. The third kappa shape index (κ3) is 4.97. The van der Waals surface area contributed by atoms with Crippen LogP contribution in [0.25, 0.3) is 5.69 Å². The van der Waals surface area contributed by atoms with E-state index in [1.54, 1.807) is 47.1 Å². The van der Waals surface area contributed by atoms with Gasteiger partial charge in [0.25, 0.3) is 11.8 Å². The van der Waals surface area contributed by atoms with Gasteiger partial charge in [0, 0.05) is 31.7 Å². The number of aromatic nitrogens is 3. The van der Waals surface area contributed by atoms with Crippen molar-refractivity contribution in [3.63, 3.8) is 0 Å². The van der Waals surface area contributed by atoms with Crippen LogP contribution in [0.2, 0.25) is 0 Å². The molecule has 0 radical (unpaired) electrons. The zero-order valence-corrected chi connectivity index (χ0v) is 17.8. The van der Waals surface area contributed by atoms with Crippen LogP contribution in [0.1, 0.15) is 39.1 Å². The summed E-state index contributed by atoms with van der Waals surface area (Å²) in [5.74, 6) is -0.401. The van der Waals surface area contributed by atoms with Crippen LogP contribution in [-0.4, -0.2) is 56.5 Å². The lowest BCUT2D eigenvalue weighted by Gasteiger charge is -2.31. The van der Waals surface area contributed by atoms with E-state index >= 15 is 0 Å². The van der Waals surface area contributed by atoms with E-state index in [4.69, 9.17) is 0 Å². The van der Waals surface area contributed by atoms with Crippen LogP contribution in [0.15, 0.2) is 49.1 Å². The highest BCUT2D eigenvalue weighted by molar-refractivity contribution is 7.16. The molecular weight excluding hydrogens is 416 g/mol. The minimum atomic E-state index is -0.271. The van der Waals surface area contributed by atoms with Crippen molar-refractivity contribution in [1.29, 1.82) is 0 Å². The van der Waals surface area contributed by atoms with Gasteiger partial charge in [0.1, 0.15) is 12.7 Å². The van der Waals surface area contributed by atoms with Crippen molar-refractivity contribution in [2.24, 2.45) is 0 Å². The van der Waals surface area contributed by atoms with Gasteiger partial charge in [-0.15, -0.1) is 11.3 Å². The standard InChI is InChI=1S/C21H22N6O3S/c1-14(28)26-10-8-16(9-11-26)25-21(30)19-7-6-18(31-19)20(29)24-15-2-4-17(5-3-15)27-13-22-12-23-27/h2-7,12-13,16H,8-11H2,1H3,(H,24,29)(H,25,30). The van der Waals surface area contributed by atoms with Crippen LogP contribution in [0.3, 0.4) is 0 Å². The molecule has 1 saturated heterocycles. The molecule has 2 aromatic heterocycles. The summed E-state index contributed by atoms with van der Waals surface area (Å²) in [5, 5.41) is 9.90. The maximum atomic E-state index is 12.6. The van der Waals surface area contributed by atoms with Crippen molar-refractivity contribution in [3.8, 4) is 5.69 Å². The second-order valence-corrected chi connectivity index (χ2v) is 8.34. The number of piperidine rings is 1. The fourth-order valence-electron chi connectivity index (χ4n) is 3.41. The van der Waals surface area contributed by atoms with Crippen molar-refractivity contribution in [2.75, 3.05) is 18.4 Å². The Morgan fingerprint density at radius 2 is 1.68 bits per heavy atom. The van der Waals surface area contributed by atoms with Gasteiger partial charge in [-0.1, -0.05) is 0 Å². The largest absolute Gasteiger partial charge is 0.348 e. The number of hydrogen-bond acceptors (Lipinski definition) is 6. The molecule has 4 rings (SSSR count). The number of thiophene rings is 1. The summed E-state index contributed by atoms with van der Waals surface area (Å²) in [6.45, 7) is 2.85.